The number of unbranched alkanes of at least 4 members (excludes halogenated alkanes) is 6. The molecule has 4 aromatic rings. The molecule has 6 heterocycles. The zero-order valence-corrected chi connectivity index (χ0v) is 34.3. The van der Waals surface area contributed by atoms with Crippen molar-refractivity contribution >= 4 is 46.8 Å². The second kappa shape index (κ2) is 16.7. The third-order valence-corrected chi connectivity index (χ3v) is 11.4. The first-order chi connectivity index (χ1) is 27.8. The molecule has 10 nitrogen and oxygen atoms in total. The van der Waals surface area contributed by atoms with E-state index < -0.39 is 0 Å². The molecule has 2 aromatic carbocycles. The van der Waals surface area contributed by atoms with Crippen molar-refractivity contribution in [2.45, 2.75) is 69.6 Å². The molecule has 0 bridgehead atoms. The van der Waals surface area contributed by atoms with Gasteiger partial charge in [0.15, 0.2) is 34.1 Å². The minimum Gasteiger partial charge on any atom is -0.432 e. The van der Waals surface area contributed by atoms with E-state index in [1.807, 2.05) is 60.6 Å². The lowest BCUT2D eigenvalue weighted by Gasteiger charge is -2.34. The SMILES string of the molecule is CN(C)C(=c1nc2c(o1)=CC=CN2C)N1C=CC(CCCCCCCCCC2C=CN(C(=c3nc4c(o3)=CC=CN4C)N(C)C)c3ccccc32)c2ccccc21. The molecule has 2 unspecified atom stereocenters. The minimum atomic E-state index is 0.397. The number of nitrogens with zero attached hydrogens (tertiary/aromatic N) is 8. The van der Waals surface area contributed by atoms with Crippen molar-refractivity contribution in [3.8, 4) is 0 Å². The molecule has 0 saturated heterocycles. The number of aromatic nitrogens is 2. The lowest BCUT2D eigenvalue weighted by Crippen LogP contribution is -2.34. The number of rotatable bonds is 14. The van der Waals surface area contributed by atoms with Crippen LogP contribution < -0.4 is 41.5 Å². The third kappa shape index (κ3) is 7.77. The molecular formula is C47H56N8O2. The maximum Gasteiger partial charge on any atom is 0.263 e. The van der Waals surface area contributed by atoms with E-state index in [0.29, 0.717) is 22.9 Å². The zero-order valence-electron chi connectivity index (χ0n) is 34.3. The summed E-state index contributed by atoms with van der Waals surface area (Å²) >= 11 is 0. The molecular weight excluding hydrogens is 709 g/mol. The van der Waals surface area contributed by atoms with Gasteiger partial charge in [0.2, 0.25) is 0 Å². The van der Waals surface area contributed by atoms with E-state index in [9.17, 15) is 0 Å². The molecule has 4 aliphatic heterocycles. The van der Waals surface area contributed by atoms with Crippen molar-refractivity contribution < 1.29 is 8.83 Å². The van der Waals surface area contributed by atoms with Crippen molar-refractivity contribution in [2.24, 2.45) is 0 Å². The van der Waals surface area contributed by atoms with Crippen LogP contribution in [0.4, 0.5) is 23.0 Å². The van der Waals surface area contributed by atoms with Gasteiger partial charge in [-0.3, -0.25) is 9.80 Å². The van der Waals surface area contributed by atoms with E-state index in [0.717, 1.165) is 47.0 Å². The van der Waals surface area contributed by atoms with Gasteiger partial charge in [0.05, 0.1) is 11.4 Å². The van der Waals surface area contributed by atoms with E-state index in [-0.39, 0.29) is 0 Å². The van der Waals surface area contributed by atoms with E-state index in [1.165, 1.54) is 67.4 Å². The van der Waals surface area contributed by atoms with E-state index in [1.54, 1.807) is 0 Å². The summed E-state index contributed by atoms with van der Waals surface area (Å²) < 4.78 is 12.6. The number of para-hydroxylation sites is 2. The maximum absolute atomic E-state index is 6.28. The highest BCUT2D eigenvalue weighted by molar-refractivity contribution is 5.75. The number of anilines is 4. The van der Waals surface area contributed by atoms with Crippen LogP contribution in [0.1, 0.15) is 80.8 Å². The predicted molar refractivity (Wildman–Crippen MR) is 233 cm³/mol. The smallest absolute Gasteiger partial charge is 0.263 e. The summed E-state index contributed by atoms with van der Waals surface area (Å²) in [6.45, 7) is 0. The molecule has 10 heteroatoms. The van der Waals surface area contributed by atoms with E-state index in [2.05, 4.69) is 121 Å². The van der Waals surface area contributed by atoms with Gasteiger partial charge in [-0.25, -0.2) is 0 Å². The Labute approximate surface area is 336 Å². The van der Waals surface area contributed by atoms with Crippen LogP contribution in [0.3, 0.4) is 0 Å². The Hall–Kier alpha value is -5.90. The van der Waals surface area contributed by atoms with Crippen LogP contribution in [0.5, 0.6) is 0 Å². The summed E-state index contributed by atoms with van der Waals surface area (Å²) in [7, 11) is 12.2. The quantitative estimate of drug-likeness (QED) is 0.127. The standard InChI is InChI=1S/C47H56N8O2/c1-50(2)46(44-48-42-40(56-44)26-18-30-52(42)5)54-32-28-34(36-22-14-16-24-38(36)54)20-12-10-8-7-9-11-13-21-35-29-33-55(39-25-17-15-23-37(35)39)47(51(3)4)45-49-43-41(57-45)27-19-31-53(43)6/h14-19,22-35H,7-13,20-21H2,1-6H3. The molecule has 0 N–H and O–H groups in total. The Balaban J connectivity index is 0.827. The Morgan fingerprint density at radius 2 is 0.965 bits per heavy atom. The maximum atomic E-state index is 6.28. The van der Waals surface area contributed by atoms with Crippen LogP contribution in [0, 0.1) is 0 Å². The fourth-order valence-corrected chi connectivity index (χ4v) is 8.52. The summed E-state index contributed by atoms with van der Waals surface area (Å²) in [5, 5.41) is 0. The van der Waals surface area contributed by atoms with Crippen LogP contribution in [0.25, 0.3) is 23.8 Å². The Kier molecular flexibility index (Phi) is 11.1. The fraction of sp³-hybridized carbons (Fsp3) is 0.362. The Morgan fingerprint density at radius 1 is 0.561 bits per heavy atom. The fourth-order valence-electron chi connectivity index (χ4n) is 8.52. The molecule has 57 heavy (non-hydrogen) atoms. The highest BCUT2D eigenvalue weighted by Gasteiger charge is 2.28. The van der Waals surface area contributed by atoms with Crippen molar-refractivity contribution in [3.63, 3.8) is 0 Å². The largest absolute Gasteiger partial charge is 0.432 e. The molecule has 0 aliphatic carbocycles. The van der Waals surface area contributed by atoms with E-state index in [4.69, 9.17) is 18.8 Å². The molecule has 296 valence electrons. The van der Waals surface area contributed by atoms with Crippen LogP contribution in [0.15, 0.2) is 106 Å². The van der Waals surface area contributed by atoms with Gasteiger partial charge in [-0.1, -0.05) is 93.5 Å². The number of benzene rings is 2. The number of fused-ring (bicyclic) bond motifs is 4. The average Bonchev–Trinajstić information content (AvgIpc) is 3.84. The monoisotopic (exact) mass is 764 g/mol. The van der Waals surface area contributed by atoms with Gasteiger partial charge >= 0.3 is 0 Å². The van der Waals surface area contributed by atoms with Crippen LogP contribution in [-0.4, -0.2) is 62.1 Å². The topological polar surface area (TPSA) is 71.5 Å². The number of hydrogen-bond donors (Lipinski definition) is 0. The summed E-state index contributed by atoms with van der Waals surface area (Å²) in [4.78, 5) is 22.4. The highest BCUT2D eigenvalue weighted by Crippen LogP contribution is 2.40. The molecule has 4 aliphatic rings. The second-order valence-electron chi connectivity index (χ2n) is 15.9. The molecule has 0 radical (unpaired) electrons. The Morgan fingerprint density at radius 3 is 1.37 bits per heavy atom. The number of hydrogen-bond acceptors (Lipinski definition) is 10. The zero-order chi connectivity index (χ0) is 39.5. The average molecular weight is 765 g/mol. The van der Waals surface area contributed by atoms with Crippen LogP contribution >= 0.6 is 0 Å². The summed E-state index contributed by atoms with van der Waals surface area (Å²) in [6, 6.07) is 17.6. The summed E-state index contributed by atoms with van der Waals surface area (Å²) in [6.07, 6.45) is 32.2. The summed E-state index contributed by atoms with van der Waals surface area (Å²) in [5.41, 5.74) is 7.89. The van der Waals surface area contributed by atoms with Crippen molar-refractivity contribution in [2.75, 3.05) is 61.9 Å². The van der Waals surface area contributed by atoms with Crippen LogP contribution in [0.2, 0.25) is 0 Å². The molecule has 0 saturated carbocycles. The molecule has 8 rings (SSSR count). The number of allylic oxidation sites excluding steroid dienone is 4. The van der Waals surface area contributed by atoms with Gasteiger partial charge in [0.25, 0.3) is 11.1 Å². The van der Waals surface area contributed by atoms with Gasteiger partial charge in [-0.2, -0.15) is 9.97 Å². The Bertz CT molecular complexity index is 2280. The normalized spacial score (nSPS) is 18.7. The van der Waals surface area contributed by atoms with E-state index >= 15 is 0 Å². The molecule has 0 fully saturated rings. The first-order valence-corrected chi connectivity index (χ1v) is 20.5. The number of oxazole rings is 2. The lowest BCUT2D eigenvalue weighted by atomic mass is 9.88. The van der Waals surface area contributed by atoms with Gasteiger partial charge in [0, 0.05) is 78.9 Å². The second-order valence-corrected chi connectivity index (χ2v) is 15.9. The predicted octanol–water partition coefficient (Wildman–Crippen LogP) is 6.85. The van der Waals surface area contributed by atoms with Crippen molar-refractivity contribution in [3.05, 3.63) is 131 Å². The summed E-state index contributed by atoms with van der Waals surface area (Å²) in [5.74, 6) is 4.30. The van der Waals surface area contributed by atoms with Gasteiger partial charge in [-0.15, -0.1) is 0 Å². The first-order valence-electron chi connectivity index (χ1n) is 20.5. The molecule has 2 aromatic heterocycles. The van der Waals surface area contributed by atoms with Gasteiger partial charge in [0.1, 0.15) is 0 Å². The molecule has 0 amide bonds. The van der Waals surface area contributed by atoms with Gasteiger partial charge in [-0.05, 0) is 60.4 Å². The van der Waals surface area contributed by atoms with Crippen LogP contribution in [-0.2, 0) is 0 Å². The molecule has 0 spiro atoms. The van der Waals surface area contributed by atoms with Gasteiger partial charge < -0.3 is 28.4 Å². The lowest BCUT2D eigenvalue weighted by molar-refractivity contribution is 0.461. The third-order valence-electron chi connectivity index (χ3n) is 11.4. The highest BCUT2D eigenvalue weighted by atomic mass is 16.3. The molecule has 2 atom stereocenters. The van der Waals surface area contributed by atoms with Crippen molar-refractivity contribution in [1.29, 1.82) is 0 Å². The van der Waals surface area contributed by atoms with Crippen molar-refractivity contribution in [1.82, 2.24) is 19.8 Å². The first kappa shape index (κ1) is 38.0. The minimum absolute atomic E-state index is 0.397.